The number of halogens is 1. The Hall–Kier alpha value is -0.490. The zero-order chi connectivity index (χ0) is 12.4. The third kappa shape index (κ3) is 2.52. The Bertz CT molecular complexity index is 395. The van der Waals surface area contributed by atoms with Crippen LogP contribution in [0.4, 0.5) is 0 Å². The third-order valence-corrected chi connectivity index (χ3v) is 4.51. The van der Waals surface area contributed by atoms with Gasteiger partial charge in [-0.2, -0.15) is 0 Å². The van der Waals surface area contributed by atoms with E-state index in [1.165, 1.54) is 29.5 Å². The molecule has 1 aliphatic carbocycles. The van der Waals surface area contributed by atoms with Crippen molar-refractivity contribution < 1.29 is 0 Å². The molecule has 94 valence electrons. The van der Waals surface area contributed by atoms with Gasteiger partial charge < -0.3 is 0 Å². The number of rotatable bonds is 2. The number of hydrogen-bond donors (Lipinski definition) is 0. The maximum atomic E-state index is 6.66. The van der Waals surface area contributed by atoms with E-state index >= 15 is 0 Å². The quantitative estimate of drug-likeness (QED) is 0.508. The van der Waals surface area contributed by atoms with E-state index in [0.29, 0.717) is 0 Å². The Morgan fingerprint density at radius 2 is 1.82 bits per heavy atom. The highest BCUT2D eigenvalue weighted by Crippen LogP contribution is 2.39. The van der Waals surface area contributed by atoms with Gasteiger partial charge in [0, 0.05) is 0 Å². The summed E-state index contributed by atoms with van der Waals surface area (Å²) < 4.78 is 0. The van der Waals surface area contributed by atoms with Crippen LogP contribution in [0.15, 0.2) is 12.1 Å². The van der Waals surface area contributed by atoms with Gasteiger partial charge in [0.05, 0.1) is 5.38 Å². The van der Waals surface area contributed by atoms with Crippen molar-refractivity contribution in [2.75, 3.05) is 0 Å². The predicted octanol–water partition coefficient (Wildman–Crippen LogP) is 5.06. The van der Waals surface area contributed by atoms with Gasteiger partial charge in [0.15, 0.2) is 0 Å². The highest BCUT2D eigenvalue weighted by Gasteiger charge is 2.24. The molecule has 0 heterocycles. The van der Waals surface area contributed by atoms with Crippen molar-refractivity contribution in [2.45, 2.75) is 58.3 Å². The topological polar surface area (TPSA) is 0 Å². The molecule has 0 saturated carbocycles. The summed E-state index contributed by atoms with van der Waals surface area (Å²) in [6.45, 7) is 6.82. The number of benzene rings is 1. The molecule has 0 amide bonds. The van der Waals surface area contributed by atoms with Gasteiger partial charge in [-0.25, -0.2) is 0 Å². The van der Waals surface area contributed by atoms with Crippen LogP contribution in [-0.4, -0.2) is 0 Å². The van der Waals surface area contributed by atoms with Crippen molar-refractivity contribution in [1.82, 2.24) is 0 Å². The van der Waals surface area contributed by atoms with Crippen LogP contribution in [0.5, 0.6) is 0 Å². The van der Waals surface area contributed by atoms with Crippen LogP contribution < -0.4 is 0 Å². The maximum absolute atomic E-state index is 6.66. The summed E-state index contributed by atoms with van der Waals surface area (Å²) in [6.07, 6.45) is 5.87. The second-order valence-electron chi connectivity index (χ2n) is 5.33. The SMILES string of the molecule is CCc1ccc(CC)c2c1CCC(C)CC2Cl. The highest BCUT2D eigenvalue weighted by atomic mass is 35.5. The lowest BCUT2D eigenvalue weighted by Gasteiger charge is -2.19. The molecule has 0 radical (unpaired) electrons. The first kappa shape index (κ1) is 13.0. The lowest BCUT2D eigenvalue weighted by atomic mass is 9.90. The molecule has 2 rings (SSSR count). The summed E-state index contributed by atoms with van der Waals surface area (Å²) >= 11 is 6.66. The van der Waals surface area contributed by atoms with E-state index in [9.17, 15) is 0 Å². The molecule has 0 aliphatic heterocycles. The summed E-state index contributed by atoms with van der Waals surface area (Å²) in [5, 5.41) is 0.226. The minimum Gasteiger partial charge on any atom is -0.118 e. The molecule has 0 N–H and O–H groups in total. The molecule has 2 atom stereocenters. The van der Waals surface area contributed by atoms with Crippen molar-refractivity contribution in [1.29, 1.82) is 0 Å². The van der Waals surface area contributed by atoms with Gasteiger partial charge in [-0.05, 0) is 60.3 Å². The number of hydrogen-bond acceptors (Lipinski definition) is 0. The molecule has 1 aromatic carbocycles. The molecule has 0 spiro atoms. The number of alkyl halides is 1. The fraction of sp³-hybridized carbons (Fsp3) is 0.625. The van der Waals surface area contributed by atoms with Gasteiger partial charge in [-0.1, -0.05) is 32.9 Å². The fourth-order valence-corrected chi connectivity index (χ4v) is 3.64. The zero-order valence-corrected chi connectivity index (χ0v) is 12.0. The zero-order valence-electron chi connectivity index (χ0n) is 11.2. The molecule has 0 nitrogen and oxygen atoms in total. The normalized spacial score (nSPS) is 24.2. The molecule has 0 fully saturated rings. The van der Waals surface area contributed by atoms with Gasteiger partial charge in [-0.15, -0.1) is 11.6 Å². The average Bonchev–Trinajstić information content (AvgIpc) is 2.48. The molecular weight excluding hydrogens is 228 g/mol. The van der Waals surface area contributed by atoms with E-state index in [0.717, 1.165) is 25.2 Å². The first-order valence-corrected chi connectivity index (χ1v) is 7.38. The molecule has 17 heavy (non-hydrogen) atoms. The van der Waals surface area contributed by atoms with E-state index in [4.69, 9.17) is 11.6 Å². The third-order valence-electron chi connectivity index (χ3n) is 4.12. The van der Waals surface area contributed by atoms with Crippen molar-refractivity contribution in [3.05, 3.63) is 34.4 Å². The molecule has 1 aliphatic rings. The number of fused-ring (bicyclic) bond motifs is 1. The fourth-order valence-electron chi connectivity index (χ4n) is 3.06. The van der Waals surface area contributed by atoms with Gasteiger partial charge in [0.2, 0.25) is 0 Å². The van der Waals surface area contributed by atoms with Gasteiger partial charge >= 0.3 is 0 Å². The molecule has 0 bridgehead atoms. The summed E-state index contributed by atoms with van der Waals surface area (Å²) in [5.41, 5.74) is 6.01. The molecule has 0 aromatic heterocycles. The standard InChI is InChI=1S/C16H23Cl/c1-4-12-7-8-13(5-2)16-14(12)9-6-11(3)10-15(16)17/h7-8,11,15H,4-6,9-10H2,1-3H3. The van der Waals surface area contributed by atoms with Crippen molar-refractivity contribution >= 4 is 11.6 Å². The van der Waals surface area contributed by atoms with Crippen molar-refractivity contribution in [3.8, 4) is 0 Å². The summed E-state index contributed by atoms with van der Waals surface area (Å²) in [5.74, 6) is 0.749. The summed E-state index contributed by atoms with van der Waals surface area (Å²) in [7, 11) is 0. The average molecular weight is 251 g/mol. The second-order valence-corrected chi connectivity index (χ2v) is 5.86. The van der Waals surface area contributed by atoms with E-state index in [2.05, 4.69) is 32.9 Å². The molecule has 0 saturated heterocycles. The first-order chi connectivity index (χ1) is 8.17. The largest absolute Gasteiger partial charge is 0.118 e. The molecule has 1 aromatic rings. The minimum atomic E-state index is 0.226. The monoisotopic (exact) mass is 250 g/mol. The maximum Gasteiger partial charge on any atom is 0.0593 e. The van der Waals surface area contributed by atoms with Gasteiger partial charge in [0.25, 0.3) is 0 Å². The Morgan fingerprint density at radius 1 is 1.18 bits per heavy atom. The van der Waals surface area contributed by atoms with Gasteiger partial charge in [0.1, 0.15) is 0 Å². The van der Waals surface area contributed by atoms with Crippen LogP contribution in [0.3, 0.4) is 0 Å². The lowest BCUT2D eigenvalue weighted by molar-refractivity contribution is 0.502. The Morgan fingerprint density at radius 3 is 2.47 bits per heavy atom. The molecule has 1 heteroatoms. The summed E-state index contributed by atoms with van der Waals surface area (Å²) in [6, 6.07) is 4.61. The number of aryl methyl sites for hydroxylation is 2. The van der Waals surface area contributed by atoms with E-state index in [1.54, 1.807) is 5.56 Å². The Kier molecular flexibility index (Phi) is 4.14. The first-order valence-electron chi connectivity index (χ1n) is 6.94. The molecule has 2 unspecified atom stereocenters. The van der Waals surface area contributed by atoms with Crippen LogP contribution in [-0.2, 0) is 19.3 Å². The van der Waals surface area contributed by atoms with E-state index in [1.807, 2.05) is 0 Å². The lowest BCUT2D eigenvalue weighted by Crippen LogP contribution is -2.04. The summed E-state index contributed by atoms with van der Waals surface area (Å²) in [4.78, 5) is 0. The van der Waals surface area contributed by atoms with Crippen LogP contribution in [0.25, 0.3) is 0 Å². The predicted molar refractivity (Wildman–Crippen MR) is 75.9 cm³/mol. The highest BCUT2D eigenvalue weighted by molar-refractivity contribution is 6.21. The van der Waals surface area contributed by atoms with Crippen molar-refractivity contribution in [3.63, 3.8) is 0 Å². The Labute approximate surface area is 110 Å². The second kappa shape index (κ2) is 5.44. The van der Waals surface area contributed by atoms with Crippen LogP contribution in [0.1, 0.15) is 61.2 Å². The van der Waals surface area contributed by atoms with Crippen LogP contribution in [0.2, 0.25) is 0 Å². The molecular formula is C16H23Cl. The van der Waals surface area contributed by atoms with Crippen LogP contribution in [0, 0.1) is 5.92 Å². The Balaban J connectivity index is 2.54. The van der Waals surface area contributed by atoms with Crippen molar-refractivity contribution in [2.24, 2.45) is 5.92 Å². The van der Waals surface area contributed by atoms with E-state index < -0.39 is 0 Å². The van der Waals surface area contributed by atoms with E-state index in [-0.39, 0.29) is 5.38 Å². The minimum absolute atomic E-state index is 0.226. The van der Waals surface area contributed by atoms with Crippen LogP contribution >= 0.6 is 11.6 Å². The van der Waals surface area contributed by atoms with Gasteiger partial charge in [-0.3, -0.25) is 0 Å². The smallest absolute Gasteiger partial charge is 0.0593 e.